The van der Waals surface area contributed by atoms with Crippen LogP contribution in [0.2, 0.25) is 0 Å². The Morgan fingerprint density at radius 2 is 0.900 bits per heavy atom. The van der Waals surface area contributed by atoms with Gasteiger partial charge in [0.2, 0.25) is 24.2 Å². The van der Waals surface area contributed by atoms with Crippen molar-refractivity contribution < 1.29 is 148 Å². The van der Waals surface area contributed by atoms with E-state index < -0.39 is 122 Å². The molecular formula is C30H42N12O24P3Ti+3. The molecule has 70 heavy (non-hydrogen) atoms. The number of hydrogen-bond acceptors (Lipinski definition) is 21. The van der Waals surface area contributed by atoms with Crippen LogP contribution in [-0.2, 0) is 54.1 Å². The van der Waals surface area contributed by atoms with Crippen LogP contribution in [0.4, 0.5) is 0 Å². The number of aliphatic hydroxyl groups excluding tert-OH is 6. The molecule has 382 valence electrons. The fourth-order valence-electron chi connectivity index (χ4n) is 7.12. The van der Waals surface area contributed by atoms with Crippen LogP contribution in [0.3, 0.4) is 0 Å². The van der Waals surface area contributed by atoms with E-state index in [2.05, 4.69) is 58.4 Å². The number of aromatic amines is 6. The number of aromatic nitrogens is 12. The van der Waals surface area contributed by atoms with Crippen molar-refractivity contribution in [3.8, 4) is 0 Å². The molecule has 0 amide bonds. The summed E-state index contributed by atoms with van der Waals surface area (Å²) in [4.78, 5) is 118. The molecule has 9 rings (SSSR count). The maximum Gasteiger partial charge on any atom is 0.508 e. The normalized spacial score (nSPS) is 29.5. The van der Waals surface area contributed by atoms with Crippen molar-refractivity contribution in [1.82, 2.24) is 43.6 Å². The van der Waals surface area contributed by atoms with E-state index in [-0.39, 0.29) is 55.0 Å². The molecule has 14 unspecified atom stereocenters. The van der Waals surface area contributed by atoms with Gasteiger partial charge in [-0.25, -0.2) is 48.0 Å². The number of aliphatic hydroxyl groups is 6. The van der Waals surface area contributed by atoms with E-state index in [9.17, 15) is 69.2 Å². The summed E-state index contributed by atoms with van der Waals surface area (Å²) in [7, 11) is -14.7. The number of imidazole rings is 3. The Morgan fingerprint density at radius 1 is 0.586 bits per heavy atom. The van der Waals surface area contributed by atoms with Crippen LogP contribution >= 0.6 is 23.5 Å². The average molecular weight is 1100 g/mol. The molecule has 0 saturated carbocycles. The van der Waals surface area contributed by atoms with Gasteiger partial charge in [-0.1, -0.05) is 0 Å². The van der Waals surface area contributed by atoms with Gasteiger partial charge >= 0.3 is 32.3 Å². The zero-order valence-electron chi connectivity index (χ0n) is 34.8. The Hall–Kier alpha value is -4.27. The molecule has 3 aliphatic rings. The Labute approximate surface area is 400 Å². The zero-order chi connectivity index (χ0) is 50.3. The van der Waals surface area contributed by atoms with Crippen molar-refractivity contribution in [3.05, 3.63) is 59.4 Å². The third-order valence-corrected chi connectivity index (χ3v) is 11.8. The molecule has 3 aliphatic heterocycles. The summed E-state index contributed by atoms with van der Waals surface area (Å²) in [5.41, 5.74) is 0.414. The van der Waals surface area contributed by atoms with E-state index in [1.54, 1.807) is 0 Å². The Kier molecular flexibility index (Phi) is 17.2. The summed E-state index contributed by atoms with van der Waals surface area (Å²) in [6.07, 6.45) is -7.74. The predicted molar refractivity (Wildman–Crippen MR) is 204 cm³/mol. The third-order valence-electron chi connectivity index (χ3n) is 10.3. The molecule has 18 N–H and O–H groups in total. The standard InChI is InChI=1S/3C10H13N4O8P.Ti/c3*15-6-4(1-21-23(18,19)20)22-10(7(6)16)14-3-13-5-8(14)11-2-12-9(5)17;/h3*2-4,6-7,10,15-16H,1H2,(H,11,12,17)(H2,18,19,20);/p+3. The van der Waals surface area contributed by atoms with E-state index in [4.69, 9.17) is 33.1 Å². The number of ether oxygens (including phenoxy) is 3. The van der Waals surface area contributed by atoms with Gasteiger partial charge < -0.3 is 73.5 Å². The number of nitrogens with zero attached hydrogens (tertiary/aromatic N) is 6. The van der Waals surface area contributed by atoms with Crippen molar-refractivity contribution in [2.24, 2.45) is 0 Å². The van der Waals surface area contributed by atoms with Crippen molar-refractivity contribution >= 4 is 57.0 Å². The molecule has 3 saturated heterocycles. The van der Waals surface area contributed by atoms with Crippen LogP contribution in [0.25, 0.3) is 33.5 Å². The number of fused-ring (bicyclic) bond motifs is 3. The molecule has 0 aliphatic carbocycles. The number of phosphoric ester groups is 1. The number of rotatable bonds is 12. The van der Waals surface area contributed by atoms with Gasteiger partial charge in [-0.2, -0.15) is 9.97 Å². The van der Waals surface area contributed by atoms with E-state index in [1.807, 2.05) is 0 Å². The van der Waals surface area contributed by atoms with Gasteiger partial charge in [0, 0.05) is 21.7 Å². The second-order valence-electron chi connectivity index (χ2n) is 14.8. The van der Waals surface area contributed by atoms with Crippen molar-refractivity contribution in [2.45, 2.75) is 73.6 Å². The van der Waals surface area contributed by atoms with Gasteiger partial charge in [0.05, 0.1) is 27.6 Å². The first-order valence-electron chi connectivity index (χ1n) is 19.4. The Balaban J connectivity index is 0.000000171. The third kappa shape index (κ3) is 12.3. The number of H-pyrrole nitrogens is 6. The SMILES string of the molecule is O=c1[nH]c[nH+]c2c1ncn2C1OC(COP(=O)([O-])[O-])C(O)C1O.[O-]P(O)(=[OH+])OCC1OC(n2cnc3c(=[OH+])[nH]c[nH+]c32)C(O)C1O.[O-]P(O)(=[OH+])OCC1OC(n2cnc3c(=[OH+])[nH]c[nH+]c32)C(O)C1O.[Ti]. The first-order valence-corrected chi connectivity index (χ1v) is 23.9. The minimum Gasteiger partial charge on any atom is -0.790 e. The predicted octanol–water partition coefficient (Wildman–Crippen LogP) is -11.6. The molecule has 6 aromatic heterocycles. The summed E-state index contributed by atoms with van der Waals surface area (Å²) in [5, 5.41) is 60.0. The Bertz CT molecular complexity index is 2770. The maximum absolute atomic E-state index is 11.6. The van der Waals surface area contributed by atoms with Crippen LogP contribution in [0.5, 0.6) is 0 Å². The maximum atomic E-state index is 11.6. The number of nitrogens with one attached hydrogen (secondary N) is 6. The average Bonchev–Trinajstić information content (AvgIpc) is 4.14. The molecule has 0 bridgehead atoms. The van der Waals surface area contributed by atoms with Crippen LogP contribution < -0.4 is 51.2 Å². The van der Waals surface area contributed by atoms with Crippen LogP contribution in [0.15, 0.2) is 42.8 Å². The molecule has 36 nitrogen and oxygen atoms in total. The van der Waals surface area contributed by atoms with Crippen molar-refractivity contribution in [3.63, 3.8) is 0 Å². The van der Waals surface area contributed by atoms with Crippen LogP contribution in [0.1, 0.15) is 18.7 Å². The van der Waals surface area contributed by atoms with Gasteiger partial charge in [0.15, 0.2) is 38.0 Å². The van der Waals surface area contributed by atoms with Gasteiger partial charge in [0.1, 0.15) is 54.9 Å². The topological polar surface area (TPSA) is 572 Å². The second-order valence-corrected chi connectivity index (χ2v) is 18.5. The van der Waals surface area contributed by atoms with Crippen molar-refractivity contribution in [1.29, 1.82) is 0 Å². The summed E-state index contributed by atoms with van der Waals surface area (Å²) in [6.45, 7) is -1.95. The molecule has 14 atom stereocenters. The van der Waals surface area contributed by atoms with Crippen LogP contribution in [-0.4, -0.2) is 178 Å². The quantitative estimate of drug-likeness (QED) is 0.0308. The first kappa shape index (κ1) is 55.1. The van der Waals surface area contributed by atoms with Gasteiger partial charge in [-0.3, -0.25) is 42.9 Å². The monoisotopic (exact) mass is 1100 g/mol. The molecule has 0 aromatic carbocycles. The number of hydrogen-bond donors (Lipinski definition) is 11. The molecule has 6 aromatic rings. The molecule has 9 heterocycles. The van der Waals surface area contributed by atoms with Crippen LogP contribution in [0, 0.1) is 0 Å². The van der Waals surface area contributed by atoms with E-state index in [1.165, 1.54) is 51.7 Å². The Morgan fingerprint density at radius 3 is 1.24 bits per heavy atom. The molecular weight excluding hydrogens is 1050 g/mol. The van der Waals surface area contributed by atoms with Gasteiger partial charge in [0.25, 0.3) is 28.0 Å². The minimum absolute atomic E-state index is 0. The summed E-state index contributed by atoms with van der Waals surface area (Å²) in [5.74, 6) is 0. The smallest absolute Gasteiger partial charge is 0.508 e. The zero-order valence-corrected chi connectivity index (χ0v) is 39.0. The number of phosphoric acid groups is 1. The van der Waals surface area contributed by atoms with Crippen molar-refractivity contribution in [2.75, 3.05) is 19.8 Å². The molecule has 3 fully saturated rings. The van der Waals surface area contributed by atoms with Gasteiger partial charge in [-0.05, 0) is 0 Å². The van der Waals surface area contributed by atoms with E-state index in [0.717, 1.165) is 0 Å². The molecule has 0 spiro atoms. The minimum atomic E-state index is -5.23. The molecule has 40 heteroatoms. The largest absolute Gasteiger partial charge is 0.790 e. The molecule has 0 radical (unpaired) electrons. The fraction of sp³-hybridized carbons (Fsp3) is 0.500. The summed E-state index contributed by atoms with van der Waals surface area (Å²) >= 11 is 0. The summed E-state index contributed by atoms with van der Waals surface area (Å²) < 4.78 is 60.7. The summed E-state index contributed by atoms with van der Waals surface area (Å²) in [6, 6.07) is 0. The fourth-order valence-corrected chi connectivity index (χ4v) is 8.13. The first-order chi connectivity index (χ1) is 32.3. The van der Waals surface area contributed by atoms with E-state index in [0.29, 0.717) is 11.3 Å². The van der Waals surface area contributed by atoms with Gasteiger partial charge in [-0.15, -0.1) is 0 Å². The van der Waals surface area contributed by atoms with E-state index >= 15 is 0 Å². The second kappa shape index (κ2) is 21.8.